The third-order valence-corrected chi connectivity index (χ3v) is 2.23. The number of nitrogens with two attached hydrogens (primary N) is 1. The molecule has 0 aliphatic heterocycles. The Bertz CT molecular complexity index is 494. The highest BCUT2D eigenvalue weighted by molar-refractivity contribution is 5.61. The van der Waals surface area contributed by atoms with E-state index in [4.69, 9.17) is 14.9 Å². The van der Waals surface area contributed by atoms with Gasteiger partial charge in [0.15, 0.2) is 0 Å². The number of methoxy groups -OCH3 is 1. The van der Waals surface area contributed by atoms with E-state index in [9.17, 15) is 4.39 Å². The van der Waals surface area contributed by atoms with Gasteiger partial charge in [-0.2, -0.15) is 0 Å². The van der Waals surface area contributed by atoms with Gasteiger partial charge in [-0.3, -0.25) is 0 Å². The van der Waals surface area contributed by atoms with Crippen molar-refractivity contribution in [1.82, 2.24) is 0 Å². The summed E-state index contributed by atoms with van der Waals surface area (Å²) in [5, 5.41) is 0. The van der Waals surface area contributed by atoms with Crippen LogP contribution in [0.4, 0.5) is 10.1 Å². The highest BCUT2D eigenvalue weighted by Crippen LogP contribution is 2.25. The molecule has 1 aromatic heterocycles. The second-order valence-electron chi connectivity index (χ2n) is 3.44. The predicted molar refractivity (Wildman–Crippen MR) is 59.2 cm³/mol. The molecule has 0 amide bonds. The zero-order valence-corrected chi connectivity index (χ0v) is 8.87. The Morgan fingerprint density at radius 3 is 2.81 bits per heavy atom. The van der Waals surface area contributed by atoms with Crippen molar-refractivity contribution < 1.29 is 13.5 Å². The lowest BCUT2D eigenvalue weighted by atomic mass is 10.1. The molecular formula is C12H12FNO2. The van der Waals surface area contributed by atoms with Crippen molar-refractivity contribution in [1.29, 1.82) is 0 Å². The lowest BCUT2D eigenvalue weighted by Crippen LogP contribution is -1.89. The summed E-state index contributed by atoms with van der Waals surface area (Å²) in [6.07, 6.45) is 0. The van der Waals surface area contributed by atoms with E-state index in [-0.39, 0.29) is 5.69 Å². The van der Waals surface area contributed by atoms with Gasteiger partial charge in [-0.1, -0.05) is 0 Å². The van der Waals surface area contributed by atoms with Gasteiger partial charge in [0.2, 0.25) is 0 Å². The van der Waals surface area contributed by atoms with Gasteiger partial charge < -0.3 is 14.9 Å². The summed E-state index contributed by atoms with van der Waals surface area (Å²) in [6.45, 7) is 0.400. The number of rotatable bonds is 3. The van der Waals surface area contributed by atoms with E-state index in [0.717, 1.165) is 0 Å². The number of furan rings is 1. The van der Waals surface area contributed by atoms with Gasteiger partial charge in [0.25, 0.3) is 0 Å². The Labute approximate surface area is 92.6 Å². The van der Waals surface area contributed by atoms with Gasteiger partial charge in [-0.25, -0.2) is 4.39 Å². The van der Waals surface area contributed by atoms with Gasteiger partial charge in [0.05, 0.1) is 5.69 Å². The molecule has 0 atom stereocenters. The molecule has 0 unspecified atom stereocenters. The highest BCUT2D eigenvalue weighted by Gasteiger charge is 2.07. The molecule has 0 saturated carbocycles. The van der Waals surface area contributed by atoms with Gasteiger partial charge in [-0.05, 0) is 30.3 Å². The van der Waals surface area contributed by atoms with Crippen molar-refractivity contribution in [3.63, 3.8) is 0 Å². The van der Waals surface area contributed by atoms with Crippen molar-refractivity contribution >= 4 is 5.69 Å². The fraction of sp³-hybridized carbons (Fsp3) is 0.167. The fourth-order valence-corrected chi connectivity index (χ4v) is 1.43. The van der Waals surface area contributed by atoms with Gasteiger partial charge >= 0.3 is 0 Å². The molecule has 1 heterocycles. The first kappa shape index (κ1) is 10.7. The lowest BCUT2D eigenvalue weighted by Gasteiger charge is -2.00. The molecule has 0 aliphatic carbocycles. The molecule has 0 aliphatic rings. The van der Waals surface area contributed by atoms with Crippen molar-refractivity contribution in [3.8, 4) is 11.3 Å². The second kappa shape index (κ2) is 4.37. The van der Waals surface area contributed by atoms with Crippen molar-refractivity contribution in [2.75, 3.05) is 12.8 Å². The SMILES string of the molecule is COCc1ccc(-c2ccc(N)c(F)c2)o1. The van der Waals surface area contributed by atoms with Gasteiger partial charge in [-0.15, -0.1) is 0 Å². The van der Waals surface area contributed by atoms with E-state index in [1.807, 2.05) is 0 Å². The summed E-state index contributed by atoms with van der Waals surface area (Å²) in [7, 11) is 1.59. The van der Waals surface area contributed by atoms with Crippen LogP contribution in [0.5, 0.6) is 0 Å². The monoisotopic (exact) mass is 221 g/mol. The van der Waals surface area contributed by atoms with Crippen LogP contribution < -0.4 is 5.73 Å². The number of anilines is 1. The Balaban J connectivity index is 2.31. The van der Waals surface area contributed by atoms with Gasteiger partial charge in [0, 0.05) is 12.7 Å². The first-order valence-electron chi connectivity index (χ1n) is 4.84. The van der Waals surface area contributed by atoms with Crippen LogP contribution in [-0.4, -0.2) is 7.11 Å². The number of benzene rings is 1. The van der Waals surface area contributed by atoms with E-state index in [0.29, 0.717) is 23.7 Å². The van der Waals surface area contributed by atoms with E-state index >= 15 is 0 Å². The Morgan fingerprint density at radius 1 is 1.31 bits per heavy atom. The molecule has 2 aromatic rings. The summed E-state index contributed by atoms with van der Waals surface area (Å²) >= 11 is 0. The molecule has 0 fully saturated rings. The lowest BCUT2D eigenvalue weighted by molar-refractivity contribution is 0.165. The maximum absolute atomic E-state index is 13.2. The van der Waals surface area contributed by atoms with E-state index in [1.165, 1.54) is 12.1 Å². The largest absolute Gasteiger partial charge is 0.459 e. The average Bonchev–Trinajstić information content (AvgIpc) is 2.71. The molecular weight excluding hydrogens is 209 g/mol. The maximum Gasteiger partial charge on any atom is 0.146 e. The Hall–Kier alpha value is -1.81. The topological polar surface area (TPSA) is 48.4 Å². The zero-order valence-electron chi connectivity index (χ0n) is 8.87. The number of nitrogen functional groups attached to an aromatic ring is 1. The molecule has 4 heteroatoms. The van der Waals surface area contributed by atoms with E-state index in [1.54, 1.807) is 25.3 Å². The van der Waals surface area contributed by atoms with E-state index in [2.05, 4.69) is 0 Å². The number of hydrogen-bond acceptors (Lipinski definition) is 3. The molecule has 2 rings (SSSR count). The zero-order chi connectivity index (χ0) is 11.5. The summed E-state index contributed by atoms with van der Waals surface area (Å²) in [4.78, 5) is 0. The summed E-state index contributed by atoms with van der Waals surface area (Å²) in [6, 6.07) is 8.16. The minimum atomic E-state index is -0.442. The number of hydrogen-bond donors (Lipinski definition) is 1. The third-order valence-electron chi connectivity index (χ3n) is 2.23. The second-order valence-corrected chi connectivity index (χ2v) is 3.44. The molecule has 16 heavy (non-hydrogen) atoms. The quantitative estimate of drug-likeness (QED) is 0.811. The van der Waals surface area contributed by atoms with E-state index < -0.39 is 5.82 Å². The molecule has 0 spiro atoms. The predicted octanol–water partition coefficient (Wildman–Crippen LogP) is 2.81. The molecule has 0 radical (unpaired) electrons. The summed E-state index contributed by atoms with van der Waals surface area (Å²) in [5.41, 5.74) is 6.19. The Kier molecular flexibility index (Phi) is 2.92. The van der Waals surface area contributed by atoms with Crippen LogP contribution in [0.25, 0.3) is 11.3 Å². The molecule has 84 valence electrons. The van der Waals surface area contributed by atoms with Crippen LogP contribution in [-0.2, 0) is 11.3 Å². The first-order chi connectivity index (χ1) is 7.70. The van der Waals surface area contributed by atoms with Crippen LogP contribution in [0, 0.1) is 5.82 Å². The van der Waals surface area contributed by atoms with Crippen LogP contribution >= 0.6 is 0 Å². The van der Waals surface area contributed by atoms with Crippen molar-refractivity contribution in [2.45, 2.75) is 6.61 Å². The molecule has 3 nitrogen and oxygen atoms in total. The molecule has 0 saturated heterocycles. The standard InChI is InChI=1S/C12H12FNO2/c1-15-7-9-3-5-12(16-9)8-2-4-11(14)10(13)6-8/h2-6H,7,14H2,1H3. The number of halogens is 1. The van der Waals surface area contributed by atoms with Crippen LogP contribution in [0.3, 0.4) is 0 Å². The summed E-state index contributed by atoms with van der Waals surface area (Å²) in [5.74, 6) is 0.864. The minimum absolute atomic E-state index is 0.132. The van der Waals surface area contributed by atoms with Crippen LogP contribution in [0.15, 0.2) is 34.7 Å². The molecule has 1 aromatic carbocycles. The molecule has 0 bridgehead atoms. The maximum atomic E-state index is 13.2. The molecule has 2 N–H and O–H groups in total. The minimum Gasteiger partial charge on any atom is -0.459 e. The summed E-state index contributed by atoms with van der Waals surface area (Å²) < 4.78 is 23.6. The smallest absolute Gasteiger partial charge is 0.146 e. The Morgan fingerprint density at radius 2 is 2.12 bits per heavy atom. The highest BCUT2D eigenvalue weighted by atomic mass is 19.1. The fourth-order valence-electron chi connectivity index (χ4n) is 1.43. The first-order valence-corrected chi connectivity index (χ1v) is 4.84. The van der Waals surface area contributed by atoms with Crippen molar-refractivity contribution in [3.05, 3.63) is 41.9 Å². The van der Waals surface area contributed by atoms with Crippen LogP contribution in [0.1, 0.15) is 5.76 Å². The average molecular weight is 221 g/mol. The number of ether oxygens (including phenoxy) is 1. The van der Waals surface area contributed by atoms with Crippen molar-refractivity contribution in [2.24, 2.45) is 0 Å². The third kappa shape index (κ3) is 2.06. The normalized spacial score (nSPS) is 10.6. The van der Waals surface area contributed by atoms with Gasteiger partial charge in [0.1, 0.15) is 23.9 Å². The van der Waals surface area contributed by atoms with Crippen LogP contribution in [0.2, 0.25) is 0 Å².